The Morgan fingerprint density at radius 3 is 2.43 bits per heavy atom. The van der Waals surface area contributed by atoms with Gasteiger partial charge in [-0.1, -0.05) is 0 Å². The standard InChI is InChI=1S/C14H15N3O4/c1-19-11-5-4-9(6-12(11)20-2)17-14(18)10-7-13(21-3)16-8-15-10/h4-8H,1-3H3,(H,17,18). The number of hydrogen-bond donors (Lipinski definition) is 1. The molecule has 0 fully saturated rings. The second-order valence-corrected chi connectivity index (χ2v) is 3.97. The molecule has 7 heteroatoms. The van der Waals surface area contributed by atoms with Crippen molar-refractivity contribution in [1.82, 2.24) is 9.97 Å². The van der Waals surface area contributed by atoms with Gasteiger partial charge in [-0.25, -0.2) is 9.97 Å². The molecule has 0 spiro atoms. The van der Waals surface area contributed by atoms with Crippen molar-refractivity contribution in [2.45, 2.75) is 0 Å². The summed E-state index contributed by atoms with van der Waals surface area (Å²) in [6, 6.07) is 6.53. The van der Waals surface area contributed by atoms with E-state index >= 15 is 0 Å². The first-order valence-electron chi connectivity index (χ1n) is 6.07. The molecule has 0 atom stereocenters. The number of benzene rings is 1. The van der Waals surface area contributed by atoms with Gasteiger partial charge in [-0.05, 0) is 12.1 Å². The van der Waals surface area contributed by atoms with E-state index in [1.54, 1.807) is 25.3 Å². The Labute approximate surface area is 121 Å². The smallest absolute Gasteiger partial charge is 0.274 e. The zero-order valence-electron chi connectivity index (χ0n) is 11.9. The molecule has 0 radical (unpaired) electrons. The van der Waals surface area contributed by atoms with Crippen LogP contribution in [0.3, 0.4) is 0 Å². The molecule has 2 aromatic rings. The van der Waals surface area contributed by atoms with E-state index in [0.717, 1.165) is 0 Å². The summed E-state index contributed by atoms with van der Waals surface area (Å²) >= 11 is 0. The minimum Gasteiger partial charge on any atom is -0.493 e. The SMILES string of the molecule is COc1cc(C(=O)Nc2ccc(OC)c(OC)c2)ncn1. The highest BCUT2D eigenvalue weighted by Gasteiger charge is 2.11. The van der Waals surface area contributed by atoms with Crippen molar-refractivity contribution in [2.75, 3.05) is 26.6 Å². The van der Waals surface area contributed by atoms with Crippen LogP contribution >= 0.6 is 0 Å². The molecule has 7 nitrogen and oxygen atoms in total. The highest BCUT2D eigenvalue weighted by Crippen LogP contribution is 2.29. The average molecular weight is 289 g/mol. The first-order valence-corrected chi connectivity index (χ1v) is 6.07. The lowest BCUT2D eigenvalue weighted by Crippen LogP contribution is -2.14. The Kier molecular flexibility index (Phi) is 4.55. The first-order chi connectivity index (χ1) is 10.2. The van der Waals surface area contributed by atoms with Crippen LogP contribution in [0.15, 0.2) is 30.6 Å². The fraction of sp³-hybridized carbons (Fsp3) is 0.214. The van der Waals surface area contributed by atoms with Gasteiger partial charge in [0.15, 0.2) is 11.5 Å². The van der Waals surface area contributed by atoms with E-state index in [-0.39, 0.29) is 11.6 Å². The second-order valence-electron chi connectivity index (χ2n) is 3.97. The quantitative estimate of drug-likeness (QED) is 0.903. The van der Waals surface area contributed by atoms with E-state index in [4.69, 9.17) is 14.2 Å². The first kappa shape index (κ1) is 14.6. The van der Waals surface area contributed by atoms with Crippen molar-refractivity contribution in [3.63, 3.8) is 0 Å². The predicted molar refractivity (Wildman–Crippen MR) is 76.1 cm³/mol. The zero-order valence-corrected chi connectivity index (χ0v) is 11.9. The van der Waals surface area contributed by atoms with Crippen LogP contribution in [0.5, 0.6) is 17.4 Å². The number of rotatable bonds is 5. The summed E-state index contributed by atoms with van der Waals surface area (Å²) in [5, 5.41) is 2.72. The molecule has 1 aromatic heterocycles. The Balaban J connectivity index is 2.19. The van der Waals surface area contributed by atoms with Crippen molar-refractivity contribution in [3.05, 3.63) is 36.3 Å². The van der Waals surface area contributed by atoms with Crippen molar-refractivity contribution >= 4 is 11.6 Å². The van der Waals surface area contributed by atoms with Crippen LogP contribution in [0.2, 0.25) is 0 Å². The van der Waals surface area contributed by atoms with Gasteiger partial charge in [-0.15, -0.1) is 0 Å². The topological polar surface area (TPSA) is 82.6 Å². The Bertz CT molecular complexity index is 646. The number of anilines is 1. The third kappa shape index (κ3) is 3.38. The second kappa shape index (κ2) is 6.56. The van der Waals surface area contributed by atoms with Gasteiger partial charge in [-0.2, -0.15) is 0 Å². The molecule has 110 valence electrons. The predicted octanol–water partition coefficient (Wildman–Crippen LogP) is 1.75. The van der Waals surface area contributed by atoms with Crippen LogP contribution in [-0.2, 0) is 0 Å². The summed E-state index contributed by atoms with van der Waals surface area (Å²) in [4.78, 5) is 19.9. The molecule has 0 bridgehead atoms. The number of nitrogens with zero attached hydrogens (tertiary/aromatic N) is 2. The van der Waals surface area contributed by atoms with E-state index in [1.165, 1.54) is 26.6 Å². The monoisotopic (exact) mass is 289 g/mol. The number of nitrogens with one attached hydrogen (secondary N) is 1. The summed E-state index contributed by atoms with van der Waals surface area (Å²) in [5.74, 6) is 1.06. The fourth-order valence-electron chi connectivity index (χ4n) is 1.68. The highest BCUT2D eigenvalue weighted by atomic mass is 16.5. The minimum absolute atomic E-state index is 0.205. The third-order valence-electron chi connectivity index (χ3n) is 2.73. The molecule has 0 aliphatic carbocycles. The number of carbonyl (C=O) groups is 1. The molecule has 0 aliphatic heterocycles. The summed E-state index contributed by atoms with van der Waals surface area (Å²) in [5.41, 5.74) is 0.770. The van der Waals surface area contributed by atoms with Gasteiger partial charge in [0.05, 0.1) is 21.3 Å². The van der Waals surface area contributed by atoms with Crippen LogP contribution in [0.25, 0.3) is 0 Å². The largest absolute Gasteiger partial charge is 0.493 e. The molecular weight excluding hydrogens is 274 g/mol. The Hall–Kier alpha value is -2.83. The van der Waals surface area contributed by atoms with Gasteiger partial charge >= 0.3 is 0 Å². The summed E-state index contributed by atoms with van der Waals surface area (Å²) in [7, 11) is 4.54. The molecule has 21 heavy (non-hydrogen) atoms. The third-order valence-corrected chi connectivity index (χ3v) is 2.73. The van der Waals surface area contributed by atoms with Crippen molar-refractivity contribution in [2.24, 2.45) is 0 Å². The van der Waals surface area contributed by atoms with Crippen molar-refractivity contribution < 1.29 is 19.0 Å². The van der Waals surface area contributed by atoms with Gasteiger partial charge in [-0.3, -0.25) is 4.79 Å². The summed E-state index contributed by atoms with van der Waals surface area (Å²) in [6.45, 7) is 0. The molecule has 1 heterocycles. The van der Waals surface area contributed by atoms with Gasteiger partial charge in [0.1, 0.15) is 12.0 Å². The number of ether oxygens (including phenoxy) is 3. The number of aromatic nitrogens is 2. The molecule has 0 saturated carbocycles. The Morgan fingerprint density at radius 1 is 1.00 bits per heavy atom. The molecule has 2 rings (SSSR count). The van der Waals surface area contributed by atoms with E-state index in [2.05, 4.69) is 15.3 Å². The van der Waals surface area contributed by atoms with Crippen LogP contribution in [0, 0.1) is 0 Å². The van der Waals surface area contributed by atoms with Gasteiger partial charge in [0.2, 0.25) is 5.88 Å². The molecule has 0 unspecified atom stereocenters. The Morgan fingerprint density at radius 2 is 1.76 bits per heavy atom. The highest BCUT2D eigenvalue weighted by molar-refractivity contribution is 6.03. The molecule has 0 saturated heterocycles. The van der Waals surface area contributed by atoms with Gasteiger partial charge < -0.3 is 19.5 Å². The van der Waals surface area contributed by atoms with Crippen molar-refractivity contribution in [3.8, 4) is 17.4 Å². The maximum atomic E-state index is 12.1. The summed E-state index contributed by atoms with van der Waals surface area (Å²) in [6.07, 6.45) is 1.27. The molecular formula is C14H15N3O4. The lowest BCUT2D eigenvalue weighted by atomic mass is 10.2. The van der Waals surface area contributed by atoms with E-state index in [9.17, 15) is 4.79 Å². The van der Waals surface area contributed by atoms with Crippen molar-refractivity contribution in [1.29, 1.82) is 0 Å². The van der Waals surface area contributed by atoms with E-state index in [0.29, 0.717) is 23.1 Å². The average Bonchev–Trinajstić information content (AvgIpc) is 2.54. The number of carbonyl (C=O) groups excluding carboxylic acids is 1. The minimum atomic E-state index is -0.372. The van der Waals surface area contributed by atoms with Crippen LogP contribution in [0.1, 0.15) is 10.5 Å². The molecule has 1 N–H and O–H groups in total. The number of methoxy groups -OCH3 is 3. The lowest BCUT2D eigenvalue weighted by molar-refractivity contribution is 0.102. The zero-order chi connectivity index (χ0) is 15.2. The maximum Gasteiger partial charge on any atom is 0.274 e. The van der Waals surface area contributed by atoms with Crippen LogP contribution in [-0.4, -0.2) is 37.2 Å². The normalized spacial score (nSPS) is 9.86. The van der Waals surface area contributed by atoms with Gasteiger partial charge in [0, 0.05) is 17.8 Å². The summed E-state index contributed by atoms with van der Waals surface area (Å²) < 4.78 is 15.3. The number of hydrogen-bond acceptors (Lipinski definition) is 6. The molecule has 1 aromatic carbocycles. The lowest BCUT2D eigenvalue weighted by Gasteiger charge is -2.10. The van der Waals surface area contributed by atoms with E-state index in [1.807, 2.05) is 0 Å². The maximum absolute atomic E-state index is 12.1. The van der Waals surface area contributed by atoms with Crippen LogP contribution < -0.4 is 19.5 Å². The molecule has 1 amide bonds. The van der Waals surface area contributed by atoms with E-state index < -0.39 is 0 Å². The van der Waals surface area contributed by atoms with Crippen LogP contribution in [0.4, 0.5) is 5.69 Å². The number of amides is 1. The van der Waals surface area contributed by atoms with Gasteiger partial charge in [0.25, 0.3) is 5.91 Å². The fourth-order valence-corrected chi connectivity index (χ4v) is 1.68. The molecule has 0 aliphatic rings.